The highest BCUT2D eigenvalue weighted by Crippen LogP contribution is 2.31. The van der Waals surface area contributed by atoms with E-state index in [1.165, 1.54) is 0 Å². The average Bonchev–Trinajstić information content (AvgIpc) is 2.74. The summed E-state index contributed by atoms with van der Waals surface area (Å²) in [6.07, 6.45) is -9.16. The van der Waals surface area contributed by atoms with Gasteiger partial charge < -0.3 is 23.7 Å². The third-order valence-corrected chi connectivity index (χ3v) is 7.12. The minimum Gasteiger partial charge on any atom is -0.463 e. The predicted molar refractivity (Wildman–Crippen MR) is 121 cm³/mol. The highest BCUT2D eigenvalue weighted by atomic mass is 32.2. The lowest BCUT2D eigenvalue weighted by molar-refractivity contribution is -0.288. The smallest absolute Gasteiger partial charge is 0.341 e. The molecule has 0 aromatic heterocycles. The van der Waals surface area contributed by atoms with Crippen LogP contribution in [0, 0.1) is 0 Å². The summed E-state index contributed by atoms with van der Waals surface area (Å²) in [5.74, 6) is -3.46. The van der Waals surface area contributed by atoms with Crippen molar-refractivity contribution >= 4 is 44.5 Å². The summed E-state index contributed by atoms with van der Waals surface area (Å²) in [7, 11) is -8.89. The molecule has 2 rings (SSSR count). The Hall–Kier alpha value is -2.42. The second-order valence-corrected chi connectivity index (χ2v) is 11.1. The summed E-state index contributed by atoms with van der Waals surface area (Å²) in [4.78, 5) is 46.9. The molecule has 2 N–H and O–H groups in total. The summed E-state index contributed by atoms with van der Waals surface area (Å²) < 4.78 is 85.2. The number of nitrogens with two attached hydrogens (primary N) is 1. The van der Waals surface area contributed by atoms with E-state index in [4.69, 9.17) is 33.0 Å². The Kier molecular flexibility index (Phi) is 11.0. The van der Waals surface area contributed by atoms with Crippen LogP contribution in [0.5, 0.6) is 0 Å². The Bertz CT molecular complexity index is 1100. The first-order valence-corrected chi connectivity index (χ1v) is 14.0. The molecule has 2 aliphatic rings. The zero-order valence-corrected chi connectivity index (χ0v) is 22.6. The zero-order chi connectivity index (χ0) is 28.8. The first kappa shape index (κ1) is 31.8. The van der Waals surface area contributed by atoms with Crippen molar-refractivity contribution in [2.75, 3.05) is 19.7 Å². The van der Waals surface area contributed by atoms with E-state index in [-0.39, 0.29) is 25.9 Å². The lowest BCUT2D eigenvalue weighted by atomic mass is 9.98. The molecule has 0 aromatic rings. The van der Waals surface area contributed by atoms with E-state index in [1.807, 2.05) is 0 Å². The van der Waals surface area contributed by atoms with Crippen LogP contribution in [-0.2, 0) is 71.8 Å². The fourth-order valence-corrected chi connectivity index (χ4v) is 5.53. The molecule has 0 radical (unpaired) electrons. The zero-order valence-electron chi connectivity index (χ0n) is 21.0. The largest absolute Gasteiger partial charge is 0.463 e. The van der Waals surface area contributed by atoms with Crippen LogP contribution in [0.2, 0.25) is 0 Å². The van der Waals surface area contributed by atoms with Crippen LogP contribution in [0.3, 0.4) is 0 Å². The third kappa shape index (κ3) is 9.71. The van der Waals surface area contributed by atoms with Crippen molar-refractivity contribution in [3.8, 4) is 0 Å². The highest BCUT2D eigenvalue weighted by molar-refractivity contribution is 7.84. The molecule has 218 valence electrons. The van der Waals surface area contributed by atoms with Crippen LogP contribution in [0.15, 0.2) is 0 Å². The minimum atomic E-state index is -4.64. The van der Waals surface area contributed by atoms with E-state index in [9.17, 15) is 36.0 Å². The van der Waals surface area contributed by atoms with Crippen LogP contribution in [0.1, 0.15) is 40.5 Å². The number of rotatable bonds is 10. The van der Waals surface area contributed by atoms with E-state index in [2.05, 4.69) is 4.18 Å². The second-order valence-electron chi connectivity index (χ2n) is 8.31. The molecule has 2 fully saturated rings. The maximum absolute atomic E-state index is 13.1. The molecule has 17 nitrogen and oxygen atoms in total. The molecule has 0 aliphatic carbocycles. The summed E-state index contributed by atoms with van der Waals surface area (Å²) in [5.41, 5.74) is 0. The van der Waals surface area contributed by atoms with Gasteiger partial charge in [-0.15, -0.1) is 0 Å². The monoisotopic (exact) mass is 590 g/mol. The van der Waals surface area contributed by atoms with E-state index in [1.54, 1.807) is 0 Å². The molecule has 2 heterocycles. The molecule has 0 amide bonds. The third-order valence-electron chi connectivity index (χ3n) is 5.15. The molecule has 38 heavy (non-hydrogen) atoms. The van der Waals surface area contributed by atoms with Gasteiger partial charge in [0.15, 0.2) is 18.3 Å². The molecule has 2 aliphatic heterocycles. The van der Waals surface area contributed by atoms with Gasteiger partial charge in [-0.1, -0.05) is 0 Å². The van der Waals surface area contributed by atoms with Gasteiger partial charge in [0.2, 0.25) is 6.29 Å². The summed E-state index contributed by atoms with van der Waals surface area (Å²) in [6, 6.07) is 0. The Labute approximate surface area is 219 Å². The SMILES string of the molecule is CC(=O)OC[C@H]1O[C@@H](OS(=O)(=O)N2CCC(OS(N)(=O)=O)CC2)[C@H](OC(C)=O)[C@@H](OC(C)=O)[C@@H]1OC(C)=O. The van der Waals surface area contributed by atoms with E-state index in [0.717, 1.165) is 32.0 Å². The van der Waals surface area contributed by atoms with Crippen LogP contribution in [0.25, 0.3) is 0 Å². The van der Waals surface area contributed by atoms with E-state index >= 15 is 0 Å². The van der Waals surface area contributed by atoms with Gasteiger partial charge in [-0.2, -0.15) is 21.1 Å². The quantitative estimate of drug-likeness (QED) is 0.214. The van der Waals surface area contributed by atoms with Crippen molar-refractivity contribution < 1.29 is 68.1 Å². The Morgan fingerprint density at radius 2 is 1.29 bits per heavy atom. The molecule has 2 saturated heterocycles. The number of carbonyl (C=O) groups is 4. The summed E-state index contributed by atoms with van der Waals surface area (Å²) in [6.45, 7) is 3.07. The molecule has 0 aromatic carbocycles. The normalized spacial score (nSPS) is 27.2. The second kappa shape index (κ2) is 13.1. The number of nitrogens with zero attached hydrogens (tertiary/aromatic N) is 1. The Morgan fingerprint density at radius 1 is 0.789 bits per heavy atom. The number of hydrogen-bond acceptors (Lipinski definition) is 15. The standard InChI is InChI=1S/C19H30N2O15S2/c1-10(22)30-9-15-16(31-11(2)23)17(32-12(3)24)18(33-13(4)25)19(34-15)36-38(28,29)21-7-5-14(6-8-21)35-37(20,26)27/h14-19H,5-9H2,1-4H3,(H2,20,26,27)/t15-,16-,17+,18-,19+/m1/s1. The molecule has 0 saturated carbocycles. The van der Waals surface area contributed by atoms with E-state index in [0.29, 0.717) is 0 Å². The van der Waals surface area contributed by atoms with Crippen LogP contribution in [-0.4, -0.2) is 102 Å². The van der Waals surface area contributed by atoms with Gasteiger partial charge in [-0.3, -0.25) is 23.4 Å². The molecule has 0 spiro atoms. The van der Waals surface area contributed by atoms with Gasteiger partial charge in [0.25, 0.3) is 0 Å². The average molecular weight is 591 g/mol. The molecule has 0 bridgehead atoms. The maximum atomic E-state index is 13.1. The Balaban J connectivity index is 2.35. The van der Waals surface area contributed by atoms with Gasteiger partial charge in [0, 0.05) is 40.8 Å². The first-order chi connectivity index (χ1) is 17.5. The van der Waals surface area contributed by atoms with Crippen molar-refractivity contribution in [1.29, 1.82) is 0 Å². The lowest BCUT2D eigenvalue weighted by Gasteiger charge is -2.44. The van der Waals surface area contributed by atoms with Crippen molar-refractivity contribution in [2.45, 2.75) is 77.3 Å². The summed E-state index contributed by atoms with van der Waals surface area (Å²) >= 11 is 0. The Morgan fingerprint density at radius 3 is 1.76 bits per heavy atom. The number of piperidine rings is 1. The lowest BCUT2D eigenvalue weighted by Crippen LogP contribution is -2.63. The fraction of sp³-hybridized carbons (Fsp3) is 0.789. The van der Waals surface area contributed by atoms with Crippen LogP contribution >= 0.6 is 0 Å². The first-order valence-electron chi connectivity index (χ1n) is 11.2. The fourth-order valence-electron chi connectivity index (χ4n) is 3.79. The van der Waals surface area contributed by atoms with Crippen molar-refractivity contribution in [1.82, 2.24) is 4.31 Å². The molecular weight excluding hydrogens is 560 g/mol. The highest BCUT2D eigenvalue weighted by Gasteiger charge is 2.54. The number of carbonyl (C=O) groups excluding carboxylic acids is 4. The topological polar surface area (TPSA) is 230 Å². The minimum absolute atomic E-state index is 0.0441. The number of ether oxygens (including phenoxy) is 5. The van der Waals surface area contributed by atoms with Gasteiger partial charge in [0.05, 0.1) is 6.10 Å². The van der Waals surface area contributed by atoms with Crippen molar-refractivity contribution in [2.24, 2.45) is 5.14 Å². The molecule has 5 atom stereocenters. The number of esters is 4. The predicted octanol–water partition coefficient (Wildman–Crippen LogP) is -1.98. The molecule has 0 unspecified atom stereocenters. The van der Waals surface area contributed by atoms with Crippen LogP contribution < -0.4 is 5.14 Å². The van der Waals surface area contributed by atoms with Gasteiger partial charge in [-0.25, -0.2) is 9.32 Å². The van der Waals surface area contributed by atoms with Crippen molar-refractivity contribution in [3.05, 3.63) is 0 Å². The van der Waals surface area contributed by atoms with E-state index < -0.39 is 87.9 Å². The summed E-state index contributed by atoms with van der Waals surface area (Å²) in [5, 5.41) is 4.85. The van der Waals surface area contributed by atoms with Gasteiger partial charge in [-0.05, 0) is 12.8 Å². The molecular formula is C19H30N2O15S2. The van der Waals surface area contributed by atoms with Gasteiger partial charge >= 0.3 is 44.5 Å². The van der Waals surface area contributed by atoms with Gasteiger partial charge in [0.1, 0.15) is 12.7 Å². The van der Waals surface area contributed by atoms with Crippen molar-refractivity contribution in [3.63, 3.8) is 0 Å². The molecule has 19 heteroatoms. The number of hydrogen-bond donors (Lipinski definition) is 1. The van der Waals surface area contributed by atoms with Crippen LogP contribution in [0.4, 0.5) is 0 Å². The maximum Gasteiger partial charge on any atom is 0.341 e.